The van der Waals surface area contributed by atoms with Crippen molar-refractivity contribution in [1.82, 2.24) is 15.4 Å². The van der Waals surface area contributed by atoms with E-state index in [9.17, 15) is 13.2 Å². The molecule has 2 atom stereocenters. The van der Waals surface area contributed by atoms with Gasteiger partial charge in [-0.3, -0.25) is 4.79 Å². The molecule has 0 spiro atoms. The van der Waals surface area contributed by atoms with Crippen molar-refractivity contribution >= 4 is 26.7 Å². The molecule has 0 fully saturated rings. The number of rotatable bonds is 9. The number of ether oxygens (including phenoxy) is 1. The molecule has 0 aliphatic carbocycles. The third kappa shape index (κ3) is 7.33. The number of hydrogen-bond acceptors (Lipinski definition) is 5. The van der Waals surface area contributed by atoms with Gasteiger partial charge in [0.25, 0.3) is 0 Å². The molecule has 1 aliphatic rings. The van der Waals surface area contributed by atoms with Crippen molar-refractivity contribution in [3.8, 4) is 5.75 Å². The summed E-state index contributed by atoms with van der Waals surface area (Å²) >= 11 is 0. The van der Waals surface area contributed by atoms with Gasteiger partial charge in [0, 0.05) is 30.5 Å². The van der Waals surface area contributed by atoms with Crippen LogP contribution in [-0.4, -0.2) is 26.5 Å². The molecule has 214 valence electrons. The molecule has 5 rings (SSSR count). The number of nitrogens with one attached hydrogen (secondary N) is 3. The van der Waals surface area contributed by atoms with Gasteiger partial charge in [-0.05, 0) is 60.9 Å². The third-order valence-electron chi connectivity index (χ3n) is 7.20. The average molecular weight is 572 g/mol. The Balaban J connectivity index is 1.32. The summed E-state index contributed by atoms with van der Waals surface area (Å²) in [5, 5.41) is 8.41. The fourth-order valence-corrected chi connectivity index (χ4v) is 6.26. The second-order valence-corrected chi connectivity index (χ2v) is 13.2. The normalized spacial score (nSPS) is 16.0. The van der Waals surface area contributed by atoms with Crippen molar-refractivity contribution in [2.45, 2.75) is 62.7 Å². The zero-order valence-electron chi connectivity index (χ0n) is 23.7. The second kappa shape index (κ2) is 12.0. The average Bonchev–Trinajstić information content (AvgIpc) is 2.95. The maximum Gasteiger partial charge on any atom is 0.241 e. The number of hydrogen-bond donors (Lipinski definition) is 3. The molecular formula is C33H37N3O4S. The lowest BCUT2D eigenvalue weighted by Crippen LogP contribution is -2.37. The molecule has 0 saturated heterocycles. The van der Waals surface area contributed by atoms with Crippen molar-refractivity contribution in [3.63, 3.8) is 0 Å². The number of benzene rings is 4. The second-order valence-electron chi connectivity index (χ2n) is 11.5. The highest BCUT2D eigenvalue weighted by Crippen LogP contribution is 2.33. The van der Waals surface area contributed by atoms with Crippen LogP contribution in [0.3, 0.4) is 0 Å². The Kier molecular flexibility index (Phi) is 8.45. The standard InChI is InChI=1S/C33H37N3O4S/c1-33(2,3)34-22-23-13-16-28-29(17-18-40-31(28)19-23)35-32(37)21-30(25-10-5-4-6-11-25)36-41(38,39)27-15-14-24-9-7-8-12-26(24)20-27/h4-16,19-20,29-30,34,36H,17-18,21-22H2,1-3H3,(H,35,37)/t29-,30+/m0/s1. The smallest absolute Gasteiger partial charge is 0.241 e. The van der Waals surface area contributed by atoms with Gasteiger partial charge in [-0.25, -0.2) is 13.1 Å². The van der Waals surface area contributed by atoms with Gasteiger partial charge in [0.2, 0.25) is 15.9 Å². The van der Waals surface area contributed by atoms with Crippen molar-refractivity contribution in [1.29, 1.82) is 0 Å². The van der Waals surface area contributed by atoms with E-state index < -0.39 is 16.1 Å². The molecule has 41 heavy (non-hydrogen) atoms. The molecule has 0 radical (unpaired) electrons. The van der Waals surface area contributed by atoms with Crippen LogP contribution < -0.4 is 20.1 Å². The fourth-order valence-electron chi connectivity index (χ4n) is 5.00. The van der Waals surface area contributed by atoms with Gasteiger partial charge in [-0.1, -0.05) is 72.8 Å². The first-order valence-electron chi connectivity index (χ1n) is 13.9. The molecule has 0 saturated carbocycles. The summed E-state index contributed by atoms with van der Waals surface area (Å²) in [5.41, 5.74) is 2.75. The Morgan fingerprint density at radius 1 is 0.927 bits per heavy atom. The van der Waals surface area contributed by atoms with E-state index >= 15 is 0 Å². The van der Waals surface area contributed by atoms with E-state index in [-0.39, 0.29) is 28.8 Å². The summed E-state index contributed by atoms with van der Waals surface area (Å²) < 4.78 is 35.7. The van der Waals surface area contributed by atoms with E-state index in [2.05, 4.69) is 42.2 Å². The first kappa shape index (κ1) is 28.8. The zero-order valence-corrected chi connectivity index (χ0v) is 24.5. The highest BCUT2D eigenvalue weighted by molar-refractivity contribution is 7.89. The Bertz CT molecular complexity index is 1630. The molecule has 1 amide bonds. The molecule has 0 bridgehead atoms. The highest BCUT2D eigenvalue weighted by Gasteiger charge is 2.27. The van der Waals surface area contributed by atoms with Crippen LogP contribution in [0, 0.1) is 0 Å². The number of sulfonamides is 1. The van der Waals surface area contributed by atoms with E-state index in [1.807, 2.05) is 66.7 Å². The predicted molar refractivity (Wildman–Crippen MR) is 162 cm³/mol. The minimum Gasteiger partial charge on any atom is -0.493 e. The van der Waals surface area contributed by atoms with E-state index in [0.717, 1.165) is 33.2 Å². The van der Waals surface area contributed by atoms with Crippen molar-refractivity contribution in [2.75, 3.05) is 6.61 Å². The largest absolute Gasteiger partial charge is 0.493 e. The van der Waals surface area contributed by atoms with Gasteiger partial charge in [0.1, 0.15) is 5.75 Å². The van der Waals surface area contributed by atoms with Crippen LogP contribution in [-0.2, 0) is 21.4 Å². The number of fused-ring (bicyclic) bond motifs is 2. The van der Waals surface area contributed by atoms with Gasteiger partial charge in [-0.15, -0.1) is 0 Å². The van der Waals surface area contributed by atoms with Crippen molar-refractivity contribution < 1.29 is 17.9 Å². The third-order valence-corrected chi connectivity index (χ3v) is 8.66. The maximum atomic E-state index is 13.5. The first-order valence-corrected chi connectivity index (χ1v) is 15.4. The Morgan fingerprint density at radius 2 is 1.66 bits per heavy atom. The SMILES string of the molecule is CC(C)(C)NCc1ccc2c(c1)OCC[C@@H]2NC(=O)C[C@@H](NS(=O)(=O)c1ccc2ccccc2c1)c1ccccc1. The quantitative estimate of drug-likeness (QED) is 0.237. The summed E-state index contributed by atoms with van der Waals surface area (Å²) in [6.07, 6.45) is 0.592. The number of amides is 1. The minimum atomic E-state index is -3.90. The van der Waals surface area contributed by atoms with Gasteiger partial charge in [0.05, 0.1) is 23.6 Å². The molecule has 4 aromatic carbocycles. The van der Waals surface area contributed by atoms with Gasteiger partial charge in [-0.2, -0.15) is 0 Å². The van der Waals surface area contributed by atoms with Crippen LogP contribution in [0.25, 0.3) is 10.8 Å². The van der Waals surface area contributed by atoms with Crippen molar-refractivity contribution in [3.05, 3.63) is 108 Å². The lowest BCUT2D eigenvalue weighted by molar-refractivity contribution is -0.122. The number of carbonyl (C=O) groups is 1. The summed E-state index contributed by atoms with van der Waals surface area (Å²) in [7, 11) is -3.90. The topological polar surface area (TPSA) is 96.5 Å². The molecular weight excluding hydrogens is 534 g/mol. The summed E-state index contributed by atoms with van der Waals surface area (Å²) in [6, 6.07) is 27.0. The van der Waals surface area contributed by atoms with Crippen LogP contribution >= 0.6 is 0 Å². The van der Waals surface area contributed by atoms with E-state index in [0.29, 0.717) is 19.6 Å². The van der Waals surface area contributed by atoms with E-state index in [4.69, 9.17) is 4.74 Å². The minimum absolute atomic E-state index is 0.00161. The van der Waals surface area contributed by atoms with Crippen LogP contribution in [0.1, 0.15) is 62.4 Å². The van der Waals surface area contributed by atoms with Crippen molar-refractivity contribution in [2.24, 2.45) is 0 Å². The fraction of sp³-hybridized carbons (Fsp3) is 0.303. The maximum absolute atomic E-state index is 13.5. The van der Waals surface area contributed by atoms with Crippen LogP contribution in [0.5, 0.6) is 5.75 Å². The molecule has 4 aromatic rings. The summed E-state index contributed by atoms with van der Waals surface area (Å²) in [6.45, 7) is 7.58. The molecule has 0 unspecified atom stereocenters. The van der Waals surface area contributed by atoms with Crippen LogP contribution in [0.4, 0.5) is 0 Å². The Hall–Kier alpha value is -3.72. The lowest BCUT2D eigenvalue weighted by atomic mass is 9.97. The molecule has 7 nitrogen and oxygen atoms in total. The molecule has 1 heterocycles. The Morgan fingerprint density at radius 3 is 2.41 bits per heavy atom. The lowest BCUT2D eigenvalue weighted by Gasteiger charge is -2.28. The van der Waals surface area contributed by atoms with Gasteiger partial charge in [0.15, 0.2) is 0 Å². The van der Waals surface area contributed by atoms with Gasteiger partial charge < -0.3 is 15.4 Å². The highest BCUT2D eigenvalue weighted by atomic mass is 32.2. The molecule has 1 aliphatic heterocycles. The molecule has 0 aromatic heterocycles. The molecule has 3 N–H and O–H groups in total. The monoisotopic (exact) mass is 571 g/mol. The predicted octanol–water partition coefficient (Wildman–Crippen LogP) is 5.78. The van der Waals surface area contributed by atoms with Crippen LogP contribution in [0.15, 0.2) is 95.9 Å². The van der Waals surface area contributed by atoms with Gasteiger partial charge >= 0.3 is 0 Å². The van der Waals surface area contributed by atoms with E-state index in [1.54, 1.807) is 18.2 Å². The summed E-state index contributed by atoms with van der Waals surface area (Å²) in [4.78, 5) is 13.5. The van der Waals surface area contributed by atoms with Crippen LogP contribution in [0.2, 0.25) is 0 Å². The molecule has 8 heteroatoms. The Labute approximate surface area is 242 Å². The zero-order chi connectivity index (χ0) is 29.0. The first-order chi connectivity index (χ1) is 19.6. The summed E-state index contributed by atoms with van der Waals surface area (Å²) in [5.74, 6) is 0.530. The van der Waals surface area contributed by atoms with E-state index in [1.165, 1.54) is 0 Å². The number of carbonyl (C=O) groups excluding carboxylic acids is 1.